The second-order valence-electron chi connectivity index (χ2n) is 3.92. The maximum Gasteiger partial charge on any atom is 0.141 e. The Kier molecular flexibility index (Phi) is 4.74. The number of hydrogen-bond acceptors (Lipinski definition) is 3. The fraction of sp³-hybridized carbons (Fsp3) is 0.333. The van der Waals surface area contributed by atoms with E-state index >= 15 is 0 Å². The monoisotopic (exact) mass is 328 g/mol. The first kappa shape index (κ1) is 13.5. The van der Waals surface area contributed by atoms with Crippen molar-refractivity contribution in [1.82, 2.24) is 20.5 Å². The Morgan fingerprint density at radius 1 is 1.50 bits per heavy atom. The summed E-state index contributed by atoms with van der Waals surface area (Å²) in [6, 6.07) is 6.01. The second kappa shape index (κ2) is 6.31. The molecular formula is C12H14BrClN4. The molecule has 0 aliphatic heterocycles. The van der Waals surface area contributed by atoms with Crippen LogP contribution in [0.25, 0.3) is 0 Å². The van der Waals surface area contributed by atoms with Crippen molar-refractivity contribution in [1.29, 1.82) is 0 Å². The average Bonchev–Trinajstić information content (AvgIpc) is 2.85. The summed E-state index contributed by atoms with van der Waals surface area (Å²) in [6.07, 6.45) is 2.29. The number of aromatic amines is 1. The predicted molar refractivity (Wildman–Crippen MR) is 75.7 cm³/mol. The number of nitrogens with one attached hydrogen (secondary N) is 2. The molecule has 0 saturated carbocycles. The summed E-state index contributed by atoms with van der Waals surface area (Å²) in [4.78, 5) is 4.20. The number of H-pyrrole nitrogens is 1. The smallest absolute Gasteiger partial charge is 0.141 e. The molecule has 0 saturated heterocycles. The molecule has 0 amide bonds. The lowest BCUT2D eigenvalue weighted by Gasteiger charge is -2.16. The van der Waals surface area contributed by atoms with Gasteiger partial charge in [-0.2, -0.15) is 5.10 Å². The number of aromatic nitrogens is 3. The zero-order valence-electron chi connectivity index (χ0n) is 9.95. The minimum absolute atomic E-state index is 0.0937. The average molecular weight is 330 g/mol. The number of benzene rings is 1. The minimum atomic E-state index is 0.0937. The third-order valence-electron chi connectivity index (χ3n) is 2.65. The van der Waals surface area contributed by atoms with Gasteiger partial charge in [0.1, 0.15) is 12.2 Å². The van der Waals surface area contributed by atoms with Crippen molar-refractivity contribution in [2.24, 2.45) is 0 Å². The van der Waals surface area contributed by atoms with Gasteiger partial charge >= 0.3 is 0 Å². The number of rotatable bonds is 5. The molecule has 0 fully saturated rings. The highest BCUT2D eigenvalue weighted by molar-refractivity contribution is 9.10. The molecule has 96 valence electrons. The molecule has 0 bridgehead atoms. The fourth-order valence-electron chi connectivity index (χ4n) is 1.80. The van der Waals surface area contributed by atoms with Crippen molar-refractivity contribution in [3.8, 4) is 0 Å². The highest BCUT2D eigenvalue weighted by Crippen LogP contribution is 2.25. The highest BCUT2D eigenvalue weighted by Gasteiger charge is 2.15. The van der Waals surface area contributed by atoms with Gasteiger partial charge in [-0.1, -0.05) is 40.5 Å². The molecule has 1 heterocycles. The maximum absolute atomic E-state index is 6.23. The third kappa shape index (κ3) is 3.31. The van der Waals surface area contributed by atoms with Crippen LogP contribution in [0, 0.1) is 0 Å². The molecule has 2 aromatic rings. The molecule has 2 rings (SSSR count). The molecule has 0 aliphatic carbocycles. The van der Waals surface area contributed by atoms with Gasteiger partial charge in [-0.15, -0.1) is 0 Å². The van der Waals surface area contributed by atoms with Crippen molar-refractivity contribution < 1.29 is 0 Å². The van der Waals surface area contributed by atoms with Crippen molar-refractivity contribution >= 4 is 27.5 Å². The predicted octanol–water partition coefficient (Wildman–Crippen LogP) is 3.11. The topological polar surface area (TPSA) is 53.6 Å². The van der Waals surface area contributed by atoms with Gasteiger partial charge < -0.3 is 5.32 Å². The van der Waals surface area contributed by atoms with Gasteiger partial charge in [-0.25, -0.2) is 4.98 Å². The van der Waals surface area contributed by atoms with E-state index in [2.05, 4.69) is 43.4 Å². The number of hydrogen-bond donors (Lipinski definition) is 2. The van der Waals surface area contributed by atoms with Gasteiger partial charge in [0, 0.05) is 9.50 Å². The SMILES string of the molecule is CCNC(Cc1ccc(Br)cc1Cl)c1ncn[nH]1. The van der Waals surface area contributed by atoms with E-state index in [4.69, 9.17) is 11.6 Å². The summed E-state index contributed by atoms with van der Waals surface area (Å²) in [5.74, 6) is 0.829. The maximum atomic E-state index is 6.23. The Balaban J connectivity index is 2.18. The molecule has 1 unspecified atom stereocenters. The quantitative estimate of drug-likeness (QED) is 0.886. The summed E-state index contributed by atoms with van der Waals surface area (Å²) in [5, 5.41) is 10.9. The summed E-state index contributed by atoms with van der Waals surface area (Å²) in [7, 11) is 0. The van der Waals surface area contributed by atoms with Gasteiger partial charge in [0.15, 0.2) is 0 Å². The van der Waals surface area contributed by atoms with Gasteiger partial charge in [0.05, 0.1) is 6.04 Å². The summed E-state index contributed by atoms with van der Waals surface area (Å²) in [6.45, 7) is 2.92. The molecule has 18 heavy (non-hydrogen) atoms. The van der Waals surface area contributed by atoms with Crippen molar-refractivity contribution in [2.75, 3.05) is 6.54 Å². The first-order valence-corrected chi connectivity index (χ1v) is 6.90. The van der Waals surface area contributed by atoms with E-state index < -0.39 is 0 Å². The van der Waals surface area contributed by atoms with Crippen LogP contribution in [0.1, 0.15) is 24.4 Å². The Bertz CT molecular complexity index is 501. The Morgan fingerprint density at radius 3 is 2.94 bits per heavy atom. The molecule has 2 N–H and O–H groups in total. The van der Waals surface area contributed by atoms with E-state index in [-0.39, 0.29) is 6.04 Å². The van der Waals surface area contributed by atoms with Crippen LogP contribution in [0.4, 0.5) is 0 Å². The van der Waals surface area contributed by atoms with Gasteiger partial charge in [-0.3, -0.25) is 5.10 Å². The van der Waals surface area contributed by atoms with E-state index in [9.17, 15) is 0 Å². The molecule has 0 spiro atoms. The van der Waals surface area contributed by atoms with Crippen LogP contribution in [0.2, 0.25) is 5.02 Å². The van der Waals surface area contributed by atoms with Crippen molar-refractivity contribution in [2.45, 2.75) is 19.4 Å². The molecular weight excluding hydrogens is 316 g/mol. The van der Waals surface area contributed by atoms with E-state index in [1.807, 2.05) is 18.2 Å². The number of nitrogens with zero attached hydrogens (tertiary/aromatic N) is 2. The summed E-state index contributed by atoms with van der Waals surface area (Å²) < 4.78 is 0.982. The molecule has 1 aromatic heterocycles. The molecule has 4 nitrogen and oxygen atoms in total. The minimum Gasteiger partial charge on any atom is -0.307 e. The van der Waals surface area contributed by atoms with Crippen LogP contribution in [-0.4, -0.2) is 21.7 Å². The fourth-order valence-corrected chi connectivity index (χ4v) is 2.55. The first-order valence-electron chi connectivity index (χ1n) is 5.73. The van der Waals surface area contributed by atoms with Gasteiger partial charge in [0.25, 0.3) is 0 Å². The van der Waals surface area contributed by atoms with Crippen molar-refractivity contribution in [3.05, 3.63) is 45.4 Å². The Morgan fingerprint density at radius 2 is 2.33 bits per heavy atom. The standard InChI is InChI=1S/C12H14BrClN4/c1-2-15-11(12-16-7-17-18-12)5-8-3-4-9(13)6-10(8)14/h3-4,6-7,11,15H,2,5H2,1H3,(H,16,17,18). The zero-order valence-corrected chi connectivity index (χ0v) is 12.3. The molecule has 0 aliphatic rings. The van der Waals surface area contributed by atoms with Crippen molar-refractivity contribution in [3.63, 3.8) is 0 Å². The van der Waals surface area contributed by atoms with Gasteiger partial charge in [0.2, 0.25) is 0 Å². The number of halogens is 2. The third-order valence-corrected chi connectivity index (χ3v) is 3.50. The van der Waals surface area contributed by atoms with Crippen LogP contribution >= 0.6 is 27.5 Å². The Hall–Kier alpha value is -0.910. The van der Waals surface area contributed by atoms with Crippen LogP contribution in [0.15, 0.2) is 29.0 Å². The van der Waals surface area contributed by atoms with E-state index in [0.717, 1.165) is 33.8 Å². The Labute approximate surface area is 119 Å². The molecule has 6 heteroatoms. The lowest BCUT2D eigenvalue weighted by molar-refractivity contribution is 0.523. The lowest BCUT2D eigenvalue weighted by atomic mass is 10.1. The van der Waals surface area contributed by atoms with E-state index in [1.165, 1.54) is 6.33 Å². The molecule has 1 aromatic carbocycles. The molecule has 0 radical (unpaired) electrons. The van der Waals surface area contributed by atoms with E-state index in [1.54, 1.807) is 0 Å². The van der Waals surface area contributed by atoms with Crippen LogP contribution < -0.4 is 5.32 Å². The largest absolute Gasteiger partial charge is 0.307 e. The van der Waals surface area contributed by atoms with Crippen LogP contribution in [0.5, 0.6) is 0 Å². The zero-order chi connectivity index (χ0) is 13.0. The molecule has 1 atom stereocenters. The lowest BCUT2D eigenvalue weighted by Crippen LogP contribution is -2.24. The van der Waals surface area contributed by atoms with Gasteiger partial charge in [-0.05, 0) is 30.7 Å². The summed E-state index contributed by atoms with van der Waals surface area (Å²) >= 11 is 9.63. The summed E-state index contributed by atoms with van der Waals surface area (Å²) in [5.41, 5.74) is 1.09. The van der Waals surface area contributed by atoms with E-state index in [0.29, 0.717) is 0 Å². The van der Waals surface area contributed by atoms with Crippen LogP contribution in [-0.2, 0) is 6.42 Å². The normalized spacial score (nSPS) is 12.6. The first-order chi connectivity index (χ1) is 8.70. The van der Waals surface area contributed by atoms with Crippen LogP contribution in [0.3, 0.4) is 0 Å². The number of likely N-dealkylation sites (N-methyl/N-ethyl adjacent to an activating group) is 1. The second-order valence-corrected chi connectivity index (χ2v) is 5.24. The highest BCUT2D eigenvalue weighted by atomic mass is 79.9.